The molecule has 0 aliphatic carbocycles. The van der Waals surface area contributed by atoms with E-state index in [9.17, 15) is 4.39 Å². The van der Waals surface area contributed by atoms with Crippen molar-refractivity contribution in [2.45, 2.75) is 19.4 Å². The molecule has 102 valence electrons. The average molecular weight is 273 g/mol. The summed E-state index contributed by atoms with van der Waals surface area (Å²) in [5.41, 5.74) is 0.563. The molecule has 3 nitrogen and oxygen atoms in total. The van der Waals surface area contributed by atoms with E-state index >= 15 is 0 Å². The van der Waals surface area contributed by atoms with E-state index < -0.39 is 0 Å². The van der Waals surface area contributed by atoms with Gasteiger partial charge >= 0.3 is 0 Å². The molecule has 1 rings (SSSR count). The van der Waals surface area contributed by atoms with Gasteiger partial charge in [-0.3, -0.25) is 0 Å². The van der Waals surface area contributed by atoms with Crippen LogP contribution >= 0.6 is 11.8 Å². The van der Waals surface area contributed by atoms with Crippen LogP contribution in [0.15, 0.2) is 18.2 Å². The molecule has 5 heteroatoms. The van der Waals surface area contributed by atoms with Gasteiger partial charge in [0.05, 0.1) is 0 Å². The number of phenols is 1. The number of aliphatic hydroxyl groups excluding tert-OH is 1. The fourth-order valence-corrected chi connectivity index (χ4v) is 2.39. The molecule has 1 aromatic rings. The first-order valence-corrected chi connectivity index (χ1v) is 7.21. The number of hydrogen-bond acceptors (Lipinski definition) is 4. The van der Waals surface area contributed by atoms with E-state index in [1.54, 1.807) is 17.8 Å². The van der Waals surface area contributed by atoms with E-state index in [2.05, 4.69) is 5.32 Å². The molecule has 0 aromatic heterocycles. The Morgan fingerprint density at radius 2 is 2.17 bits per heavy atom. The maximum Gasteiger partial charge on any atom is 0.131 e. The van der Waals surface area contributed by atoms with Gasteiger partial charge in [-0.05, 0) is 25.2 Å². The molecule has 0 saturated carbocycles. The Hall–Kier alpha value is -0.780. The van der Waals surface area contributed by atoms with Crippen molar-refractivity contribution in [1.82, 2.24) is 5.32 Å². The highest BCUT2D eigenvalue weighted by Crippen LogP contribution is 2.20. The van der Waals surface area contributed by atoms with Gasteiger partial charge < -0.3 is 15.5 Å². The number of hydrogen-bond donors (Lipinski definition) is 3. The minimum Gasteiger partial charge on any atom is -0.508 e. The van der Waals surface area contributed by atoms with E-state index in [1.165, 1.54) is 6.07 Å². The fourth-order valence-electron chi connectivity index (χ4n) is 1.59. The zero-order valence-electron chi connectivity index (χ0n) is 10.5. The van der Waals surface area contributed by atoms with E-state index in [-0.39, 0.29) is 24.2 Å². The molecule has 0 aliphatic heterocycles. The maximum atomic E-state index is 13.5. The third-order valence-corrected chi connectivity index (χ3v) is 3.66. The van der Waals surface area contributed by atoms with E-state index in [0.717, 1.165) is 30.5 Å². The van der Waals surface area contributed by atoms with Gasteiger partial charge in [0.15, 0.2) is 0 Å². The number of thioether (sulfide) groups is 1. The van der Waals surface area contributed by atoms with Crippen LogP contribution in [0.4, 0.5) is 4.39 Å². The SMILES string of the molecule is CC(NCCSCCCO)c1ccc(O)cc1F. The smallest absolute Gasteiger partial charge is 0.131 e. The largest absolute Gasteiger partial charge is 0.508 e. The van der Waals surface area contributed by atoms with Crippen molar-refractivity contribution in [2.24, 2.45) is 0 Å². The van der Waals surface area contributed by atoms with Crippen LogP contribution < -0.4 is 5.32 Å². The lowest BCUT2D eigenvalue weighted by Gasteiger charge is -2.15. The monoisotopic (exact) mass is 273 g/mol. The number of aromatic hydroxyl groups is 1. The van der Waals surface area contributed by atoms with E-state index in [0.29, 0.717) is 5.56 Å². The van der Waals surface area contributed by atoms with Crippen LogP contribution in [-0.4, -0.2) is 34.9 Å². The Morgan fingerprint density at radius 3 is 2.83 bits per heavy atom. The average Bonchev–Trinajstić information content (AvgIpc) is 2.33. The highest BCUT2D eigenvalue weighted by molar-refractivity contribution is 7.99. The lowest BCUT2D eigenvalue weighted by Crippen LogP contribution is -2.22. The zero-order chi connectivity index (χ0) is 13.4. The van der Waals surface area contributed by atoms with Gasteiger partial charge in [0, 0.05) is 36.6 Å². The lowest BCUT2D eigenvalue weighted by molar-refractivity contribution is 0.296. The summed E-state index contributed by atoms with van der Waals surface area (Å²) >= 11 is 1.77. The van der Waals surface area contributed by atoms with Crippen molar-refractivity contribution in [3.05, 3.63) is 29.6 Å². The summed E-state index contributed by atoms with van der Waals surface area (Å²) in [5, 5.41) is 21.0. The third kappa shape index (κ3) is 5.25. The standard InChI is InChI=1S/C13H20FNO2S/c1-10(15-5-8-18-7-2-6-16)12-4-3-11(17)9-13(12)14/h3-4,9-10,15-17H,2,5-8H2,1H3. The first kappa shape index (κ1) is 15.3. The normalized spacial score (nSPS) is 12.6. The molecule has 0 saturated heterocycles. The molecule has 1 atom stereocenters. The molecule has 18 heavy (non-hydrogen) atoms. The van der Waals surface area contributed by atoms with Crippen LogP contribution in [0.3, 0.4) is 0 Å². The molecular formula is C13H20FNO2S. The summed E-state index contributed by atoms with van der Waals surface area (Å²) in [6.07, 6.45) is 0.812. The van der Waals surface area contributed by atoms with Gasteiger partial charge in [0.1, 0.15) is 11.6 Å². The molecule has 0 spiro atoms. The molecule has 0 aliphatic rings. The molecule has 0 fully saturated rings. The Balaban J connectivity index is 2.29. The number of rotatable bonds is 8. The summed E-state index contributed by atoms with van der Waals surface area (Å²) in [5.74, 6) is 1.44. The van der Waals surface area contributed by atoms with Crippen molar-refractivity contribution < 1.29 is 14.6 Å². The summed E-state index contributed by atoms with van der Waals surface area (Å²) in [4.78, 5) is 0. The van der Waals surface area contributed by atoms with Crippen LogP contribution in [0, 0.1) is 5.82 Å². The summed E-state index contributed by atoms with van der Waals surface area (Å²) in [7, 11) is 0. The Kier molecular flexibility index (Phi) is 7.08. The predicted molar refractivity (Wildman–Crippen MR) is 73.5 cm³/mol. The van der Waals surface area contributed by atoms with Crippen LogP contribution in [0.25, 0.3) is 0 Å². The van der Waals surface area contributed by atoms with Gasteiger partial charge in [0.25, 0.3) is 0 Å². The van der Waals surface area contributed by atoms with Crippen LogP contribution in [0.5, 0.6) is 5.75 Å². The molecule has 0 amide bonds. The second-order valence-corrected chi connectivity index (χ2v) is 5.30. The Labute approximate surface area is 111 Å². The maximum absolute atomic E-state index is 13.5. The van der Waals surface area contributed by atoms with Gasteiger partial charge in [-0.1, -0.05) is 6.07 Å². The minimum atomic E-state index is -0.386. The number of nitrogens with one attached hydrogen (secondary N) is 1. The Morgan fingerprint density at radius 1 is 1.39 bits per heavy atom. The van der Waals surface area contributed by atoms with Gasteiger partial charge in [-0.15, -0.1) is 0 Å². The number of aliphatic hydroxyl groups is 1. The van der Waals surface area contributed by atoms with Gasteiger partial charge in [0.2, 0.25) is 0 Å². The number of halogens is 1. The first-order chi connectivity index (χ1) is 8.65. The molecule has 0 heterocycles. The number of phenolic OH excluding ortho intramolecular Hbond substituents is 1. The van der Waals surface area contributed by atoms with Crippen LogP contribution in [0.1, 0.15) is 24.9 Å². The second-order valence-electron chi connectivity index (χ2n) is 4.07. The quantitative estimate of drug-likeness (QED) is 0.636. The predicted octanol–water partition coefficient (Wildman–Crippen LogP) is 2.30. The Bertz CT molecular complexity index is 363. The van der Waals surface area contributed by atoms with Gasteiger partial charge in [-0.2, -0.15) is 11.8 Å². The first-order valence-electron chi connectivity index (χ1n) is 6.05. The van der Waals surface area contributed by atoms with E-state index in [1.807, 2.05) is 6.92 Å². The molecule has 0 bridgehead atoms. The minimum absolute atomic E-state index is 0.0528. The van der Waals surface area contributed by atoms with Crippen molar-refractivity contribution >= 4 is 11.8 Å². The molecule has 3 N–H and O–H groups in total. The van der Waals surface area contributed by atoms with Crippen molar-refractivity contribution in [2.75, 3.05) is 24.7 Å². The number of benzene rings is 1. The highest BCUT2D eigenvalue weighted by Gasteiger charge is 2.10. The van der Waals surface area contributed by atoms with Crippen LogP contribution in [-0.2, 0) is 0 Å². The molecule has 0 radical (unpaired) electrons. The molecule has 1 aromatic carbocycles. The molecule has 1 unspecified atom stereocenters. The highest BCUT2D eigenvalue weighted by atomic mass is 32.2. The lowest BCUT2D eigenvalue weighted by atomic mass is 10.1. The summed E-state index contributed by atoms with van der Waals surface area (Å²) in [6.45, 7) is 2.92. The van der Waals surface area contributed by atoms with E-state index in [4.69, 9.17) is 10.2 Å². The summed E-state index contributed by atoms with van der Waals surface area (Å²) < 4.78 is 13.5. The molecular weight excluding hydrogens is 253 g/mol. The van der Waals surface area contributed by atoms with Crippen molar-refractivity contribution in [1.29, 1.82) is 0 Å². The second kappa shape index (κ2) is 8.34. The fraction of sp³-hybridized carbons (Fsp3) is 0.538. The van der Waals surface area contributed by atoms with Gasteiger partial charge in [-0.25, -0.2) is 4.39 Å². The third-order valence-electron chi connectivity index (χ3n) is 2.59. The van der Waals surface area contributed by atoms with Crippen molar-refractivity contribution in [3.8, 4) is 5.75 Å². The topological polar surface area (TPSA) is 52.5 Å². The summed E-state index contributed by atoms with van der Waals surface area (Å²) in [6, 6.07) is 4.14. The van der Waals surface area contributed by atoms with Crippen molar-refractivity contribution in [3.63, 3.8) is 0 Å². The van der Waals surface area contributed by atoms with Crippen LogP contribution in [0.2, 0.25) is 0 Å². The zero-order valence-corrected chi connectivity index (χ0v) is 11.3.